The van der Waals surface area contributed by atoms with Gasteiger partial charge in [-0.25, -0.2) is 9.78 Å². The maximum Gasteiger partial charge on any atom is 0.356 e. The van der Waals surface area contributed by atoms with Crippen LogP contribution in [0.2, 0.25) is 0 Å². The zero-order chi connectivity index (χ0) is 14.0. The van der Waals surface area contributed by atoms with Crippen molar-refractivity contribution < 1.29 is 9.90 Å². The van der Waals surface area contributed by atoms with E-state index < -0.39 is 5.97 Å². The third kappa shape index (κ3) is 2.38. The number of hydrogen-bond acceptors (Lipinski definition) is 3. The number of rotatable bonds is 4. The largest absolute Gasteiger partial charge is 0.476 e. The maximum absolute atomic E-state index is 11.4. The average Bonchev–Trinajstić information content (AvgIpc) is 2.73. The lowest BCUT2D eigenvalue weighted by atomic mass is 10.1. The number of carboxylic acids is 1. The Bertz CT molecular complexity index is 652. The number of fused-ring (bicyclic) bond motifs is 1. The molecule has 2 aromatic heterocycles. The molecule has 1 atom stereocenters. The van der Waals surface area contributed by atoms with Crippen LogP contribution in [0.4, 0.5) is 5.82 Å². The molecule has 1 unspecified atom stereocenters. The molecule has 0 radical (unpaired) electrons. The van der Waals surface area contributed by atoms with Gasteiger partial charge in [0.1, 0.15) is 5.65 Å². The normalized spacial score (nSPS) is 12.3. The molecule has 0 aromatic carbocycles. The Morgan fingerprint density at radius 1 is 1.53 bits per heavy atom. The van der Waals surface area contributed by atoms with E-state index in [1.807, 2.05) is 13.8 Å². The lowest BCUT2D eigenvalue weighted by Gasteiger charge is -2.16. The van der Waals surface area contributed by atoms with Crippen LogP contribution in [0.25, 0.3) is 5.65 Å². The van der Waals surface area contributed by atoms with Crippen molar-refractivity contribution in [2.45, 2.75) is 19.9 Å². The molecule has 5 nitrogen and oxygen atoms in total. The van der Waals surface area contributed by atoms with Crippen molar-refractivity contribution in [2.24, 2.45) is 5.92 Å². The summed E-state index contributed by atoms with van der Waals surface area (Å²) < 4.78 is 1.53. The molecular weight excluding hydrogens is 242 g/mol. The number of nitrogens with one attached hydrogen (secondary N) is 1. The van der Waals surface area contributed by atoms with Crippen LogP contribution < -0.4 is 5.32 Å². The van der Waals surface area contributed by atoms with Gasteiger partial charge in [-0.3, -0.25) is 4.40 Å². The van der Waals surface area contributed by atoms with Crippen LogP contribution in [0.15, 0.2) is 24.4 Å². The van der Waals surface area contributed by atoms with Crippen molar-refractivity contribution in [3.63, 3.8) is 0 Å². The van der Waals surface area contributed by atoms with E-state index in [0.29, 0.717) is 11.5 Å². The summed E-state index contributed by atoms with van der Waals surface area (Å²) in [7, 11) is 0. The Hall–Kier alpha value is -2.48. The number of nitrogens with zero attached hydrogens (tertiary/aromatic N) is 2. The molecule has 0 aliphatic rings. The summed E-state index contributed by atoms with van der Waals surface area (Å²) in [6.07, 6.45) is 7.11. The SMILES string of the molecule is C#CC(Nc1nc2ccccn2c1C(=O)O)C(C)C. The second-order valence-electron chi connectivity index (χ2n) is 4.58. The van der Waals surface area contributed by atoms with Crippen LogP contribution in [-0.2, 0) is 0 Å². The molecule has 2 heterocycles. The van der Waals surface area contributed by atoms with E-state index in [-0.39, 0.29) is 17.7 Å². The summed E-state index contributed by atoms with van der Waals surface area (Å²) in [6, 6.07) is 5.05. The van der Waals surface area contributed by atoms with Gasteiger partial charge in [0, 0.05) is 6.20 Å². The molecule has 2 N–H and O–H groups in total. The van der Waals surface area contributed by atoms with Gasteiger partial charge in [-0.2, -0.15) is 0 Å². The van der Waals surface area contributed by atoms with Crippen LogP contribution in [0, 0.1) is 18.3 Å². The predicted molar refractivity (Wildman–Crippen MR) is 73.2 cm³/mol. The minimum atomic E-state index is -1.04. The molecule has 0 bridgehead atoms. The average molecular weight is 257 g/mol. The van der Waals surface area contributed by atoms with Crippen LogP contribution in [-0.4, -0.2) is 26.5 Å². The van der Waals surface area contributed by atoms with Gasteiger partial charge >= 0.3 is 5.97 Å². The molecule has 5 heteroatoms. The Kier molecular flexibility index (Phi) is 3.43. The summed E-state index contributed by atoms with van der Waals surface area (Å²) in [5, 5.41) is 12.3. The molecule has 0 saturated heterocycles. The fourth-order valence-electron chi connectivity index (χ4n) is 1.85. The summed E-state index contributed by atoms with van der Waals surface area (Å²) in [6.45, 7) is 3.93. The van der Waals surface area contributed by atoms with E-state index in [0.717, 1.165) is 0 Å². The Morgan fingerprint density at radius 2 is 2.26 bits per heavy atom. The third-order valence-electron chi connectivity index (χ3n) is 2.87. The molecule has 0 fully saturated rings. The number of carbonyl (C=O) groups is 1. The quantitative estimate of drug-likeness (QED) is 0.823. The third-order valence-corrected chi connectivity index (χ3v) is 2.87. The second kappa shape index (κ2) is 5.02. The van der Waals surface area contributed by atoms with Gasteiger partial charge in [0.2, 0.25) is 0 Å². The lowest BCUT2D eigenvalue weighted by Crippen LogP contribution is -2.25. The molecule has 0 aliphatic carbocycles. The second-order valence-corrected chi connectivity index (χ2v) is 4.58. The fourth-order valence-corrected chi connectivity index (χ4v) is 1.85. The molecule has 98 valence electrons. The fraction of sp³-hybridized carbons (Fsp3) is 0.286. The Labute approximate surface area is 111 Å². The lowest BCUT2D eigenvalue weighted by molar-refractivity contribution is 0.0690. The number of carboxylic acid groups (broad SMARTS) is 1. The molecule has 0 amide bonds. The van der Waals surface area contributed by atoms with E-state index in [1.54, 1.807) is 24.4 Å². The van der Waals surface area contributed by atoms with Gasteiger partial charge in [-0.15, -0.1) is 6.42 Å². The number of aromatic nitrogens is 2. The monoisotopic (exact) mass is 257 g/mol. The molecular formula is C14H15N3O2. The van der Waals surface area contributed by atoms with E-state index in [9.17, 15) is 9.90 Å². The van der Waals surface area contributed by atoms with Crippen molar-refractivity contribution in [2.75, 3.05) is 5.32 Å². The summed E-state index contributed by atoms with van der Waals surface area (Å²) in [5.74, 6) is 2.04. The first-order valence-electron chi connectivity index (χ1n) is 5.97. The first kappa shape index (κ1) is 13.0. The predicted octanol–water partition coefficient (Wildman–Crippen LogP) is 2.10. The molecule has 0 saturated carbocycles. The van der Waals surface area contributed by atoms with Crippen LogP contribution in [0.1, 0.15) is 24.3 Å². The summed E-state index contributed by atoms with van der Waals surface area (Å²) in [5.41, 5.74) is 0.665. The molecule has 19 heavy (non-hydrogen) atoms. The van der Waals surface area contributed by atoms with Crippen LogP contribution >= 0.6 is 0 Å². The van der Waals surface area contributed by atoms with E-state index in [4.69, 9.17) is 6.42 Å². The zero-order valence-corrected chi connectivity index (χ0v) is 10.8. The number of anilines is 1. The van der Waals surface area contributed by atoms with Crippen molar-refractivity contribution in [3.05, 3.63) is 30.1 Å². The maximum atomic E-state index is 11.4. The highest BCUT2D eigenvalue weighted by Gasteiger charge is 2.21. The highest BCUT2D eigenvalue weighted by molar-refractivity contribution is 5.93. The number of pyridine rings is 1. The molecule has 2 aromatic rings. The van der Waals surface area contributed by atoms with Crippen LogP contribution in [0.3, 0.4) is 0 Å². The van der Waals surface area contributed by atoms with Gasteiger partial charge in [-0.05, 0) is 18.1 Å². The highest BCUT2D eigenvalue weighted by Crippen LogP contribution is 2.19. The topological polar surface area (TPSA) is 66.6 Å². The van der Waals surface area contributed by atoms with E-state index in [1.165, 1.54) is 4.40 Å². The van der Waals surface area contributed by atoms with Gasteiger partial charge in [0.25, 0.3) is 0 Å². The van der Waals surface area contributed by atoms with Gasteiger partial charge < -0.3 is 10.4 Å². The first-order chi connectivity index (χ1) is 9.04. The van der Waals surface area contributed by atoms with Gasteiger partial charge in [0.05, 0.1) is 6.04 Å². The molecule has 0 spiro atoms. The van der Waals surface area contributed by atoms with Crippen molar-refractivity contribution >= 4 is 17.4 Å². The van der Waals surface area contributed by atoms with Crippen molar-refractivity contribution in [1.29, 1.82) is 0 Å². The number of aromatic carboxylic acids is 1. The van der Waals surface area contributed by atoms with Crippen LogP contribution in [0.5, 0.6) is 0 Å². The molecule has 0 aliphatic heterocycles. The minimum Gasteiger partial charge on any atom is -0.476 e. The smallest absolute Gasteiger partial charge is 0.356 e. The standard InChI is InChI=1S/C14H15N3O2/c1-4-10(9(2)3)15-13-12(14(18)19)17-8-6-5-7-11(17)16-13/h1,5-10,15H,2-3H3,(H,18,19). The molecule has 2 rings (SSSR count). The summed E-state index contributed by atoms with van der Waals surface area (Å²) in [4.78, 5) is 15.7. The van der Waals surface area contributed by atoms with Crippen molar-refractivity contribution in [3.8, 4) is 12.3 Å². The number of hydrogen-bond donors (Lipinski definition) is 2. The van der Waals surface area contributed by atoms with Gasteiger partial charge in [0.15, 0.2) is 11.5 Å². The Balaban J connectivity index is 2.51. The van der Waals surface area contributed by atoms with E-state index in [2.05, 4.69) is 16.2 Å². The minimum absolute atomic E-state index is 0.0940. The highest BCUT2D eigenvalue weighted by atomic mass is 16.4. The Morgan fingerprint density at radius 3 is 2.84 bits per heavy atom. The number of imidazole rings is 1. The number of terminal acetylenes is 1. The zero-order valence-electron chi connectivity index (χ0n) is 10.8. The van der Waals surface area contributed by atoms with Gasteiger partial charge in [-0.1, -0.05) is 25.8 Å². The van der Waals surface area contributed by atoms with E-state index >= 15 is 0 Å². The van der Waals surface area contributed by atoms with Crippen molar-refractivity contribution in [1.82, 2.24) is 9.38 Å². The first-order valence-corrected chi connectivity index (χ1v) is 5.97. The summed E-state index contributed by atoms with van der Waals surface area (Å²) >= 11 is 0.